The summed E-state index contributed by atoms with van der Waals surface area (Å²) in [7, 11) is 2.19. The van der Waals surface area contributed by atoms with Crippen molar-refractivity contribution in [2.45, 2.75) is 13.3 Å². The van der Waals surface area contributed by atoms with Gasteiger partial charge < -0.3 is 15.1 Å². The third kappa shape index (κ3) is 2.88. The number of piperazine rings is 1. The largest absolute Gasteiger partial charge is 0.369 e. The predicted molar refractivity (Wildman–Crippen MR) is 88.1 cm³/mol. The fourth-order valence-electron chi connectivity index (χ4n) is 2.48. The van der Waals surface area contributed by atoms with Gasteiger partial charge in [-0.2, -0.15) is 0 Å². The van der Waals surface area contributed by atoms with Crippen molar-refractivity contribution in [3.05, 3.63) is 18.2 Å². The molecule has 0 spiro atoms. The van der Waals surface area contributed by atoms with Crippen LogP contribution in [-0.4, -0.2) is 49.7 Å². The Bertz CT molecular complexity index is 572. The monoisotopic (exact) mass is 290 g/mol. The number of rotatable bonds is 4. The van der Waals surface area contributed by atoms with Gasteiger partial charge in [0, 0.05) is 38.4 Å². The van der Waals surface area contributed by atoms with Crippen molar-refractivity contribution >= 4 is 32.4 Å². The summed E-state index contributed by atoms with van der Waals surface area (Å²) < 4.78 is 1.28. The number of nitrogens with zero attached hydrogens (tertiary/aromatic N) is 3. The molecule has 1 fully saturated rings. The maximum absolute atomic E-state index is 4.63. The molecule has 3 rings (SSSR count). The summed E-state index contributed by atoms with van der Waals surface area (Å²) in [6, 6.07) is 6.64. The highest BCUT2D eigenvalue weighted by atomic mass is 32.1. The third-order valence-electron chi connectivity index (χ3n) is 3.77. The molecule has 0 aliphatic carbocycles. The Labute approximate surface area is 124 Å². The van der Waals surface area contributed by atoms with Crippen LogP contribution in [0.15, 0.2) is 18.2 Å². The maximum atomic E-state index is 4.63. The summed E-state index contributed by atoms with van der Waals surface area (Å²) in [5.41, 5.74) is 2.43. The van der Waals surface area contributed by atoms with Gasteiger partial charge in [0.2, 0.25) is 0 Å². The molecular formula is C15H22N4S. The maximum Gasteiger partial charge on any atom is 0.183 e. The molecular weight excluding hydrogens is 268 g/mol. The third-order valence-corrected chi connectivity index (χ3v) is 4.74. The Morgan fingerprint density at radius 2 is 2.05 bits per heavy atom. The number of hydrogen-bond acceptors (Lipinski definition) is 5. The highest BCUT2D eigenvalue weighted by Gasteiger charge is 2.15. The summed E-state index contributed by atoms with van der Waals surface area (Å²) in [6.45, 7) is 7.68. The van der Waals surface area contributed by atoms with Crippen LogP contribution in [0.4, 0.5) is 10.8 Å². The minimum absolute atomic E-state index is 0.991. The van der Waals surface area contributed by atoms with E-state index >= 15 is 0 Å². The Hall–Kier alpha value is -1.33. The van der Waals surface area contributed by atoms with E-state index in [1.54, 1.807) is 11.3 Å². The molecule has 2 aromatic rings. The average Bonchev–Trinajstić information content (AvgIpc) is 2.87. The molecule has 0 atom stereocenters. The SMILES string of the molecule is CCCNc1nc2ccc(N3CCN(C)CC3)cc2s1. The molecule has 0 bridgehead atoms. The lowest BCUT2D eigenvalue weighted by Crippen LogP contribution is -2.44. The van der Waals surface area contributed by atoms with E-state index in [1.165, 1.54) is 10.4 Å². The van der Waals surface area contributed by atoms with E-state index in [2.05, 4.69) is 52.3 Å². The van der Waals surface area contributed by atoms with Gasteiger partial charge in [-0.15, -0.1) is 0 Å². The van der Waals surface area contributed by atoms with Crippen molar-refractivity contribution in [3.8, 4) is 0 Å². The second kappa shape index (κ2) is 5.97. The molecule has 108 valence electrons. The quantitative estimate of drug-likeness (QED) is 0.938. The molecule has 1 saturated heterocycles. The lowest BCUT2D eigenvalue weighted by Gasteiger charge is -2.34. The van der Waals surface area contributed by atoms with Gasteiger partial charge in [0.1, 0.15) is 0 Å². The van der Waals surface area contributed by atoms with Crippen LogP contribution in [0.25, 0.3) is 10.2 Å². The number of aromatic nitrogens is 1. The Morgan fingerprint density at radius 1 is 1.25 bits per heavy atom. The lowest BCUT2D eigenvalue weighted by molar-refractivity contribution is 0.313. The number of anilines is 2. The van der Waals surface area contributed by atoms with Gasteiger partial charge in [0.15, 0.2) is 5.13 Å². The number of benzene rings is 1. The number of thiazole rings is 1. The highest BCUT2D eigenvalue weighted by molar-refractivity contribution is 7.22. The second-order valence-corrected chi connectivity index (χ2v) is 6.42. The van der Waals surface area contributed by atoms with Gasteiger partial charge in [-0.3, -0.25) is 0 Å². The summed E-state index contributed by atoms with van der Waals surface area (Å²) in [5.74, 6) is 0. The zero-order valence-corrected chi connectivity index (χ0v) is 13.0. The van der Waals surface area contributed by atoms with E-state index in [9.17, 15) is 0 Å². The Balaban J connectivity index is 1.79. The summed E-state index contributed by atoms with van der Waals surface area (Å²) >= 11 is 1.76. The van der Waals surface area contributed by atoms with E-state index in [1.807, 2.05) is 0 Å². The zero-order valence-electron chi connectivity index (χ0n) is 12.2. The first kappa shape index (κ1) is 13.6. The van der Waals surface area contributed by atoms with E-state index in [0.717, 1.165) is 49.8 Å². The van der Waals surface area contributed by atoms with Gasteiger partial charge in [-0.1, -0.05) is 18.3 Å². The first-order valence-electron chi connectivity index (χ1n) is 7.34. The van der Waals surface area contributed by atoms with Crippen LogP contribution in [0.2, 0.25) is 0 Å². The number of hydrogen-bond donors (Lipinski definition) is 1. The van der Waals surface area contributed by atoms with Crippen LogP contribution in [0.1, 0.15) is 13.3 Å². The van der Waals surface area contributed by atoms with Crippen LogP contribution >= 0.6 is 11.3 Å². The van der Waals surface area contributed by atoms with Crippen LogP contribution < -0.4 is 10.2 Å². The van der Waals surface area contributed by atoms with Crippen molar-refractivity contribution in [1.29, 1.82) is 0 Å². The van der Waals surface area contributed by atoms with E-state index < -0.39 is 0 Å². The average molecular weight is 290 g/mol. The molecule has 4 nitrogen and oxygen atoms in total. The van der Waals surface area contributed by atoms with Crippen molar-refractivity contribution in [1.82, 2.24) is 9.88 Å². The molecule has 1 aliphatic rings. The summed E-state index contributed by atoms with van der Waals surface area (Å²) in [5, 5.41) is 4.41. The molecule has 2 heterocycles. The van der Waals surface area contributed by atoms with Gasteiger partial charge in [0.25, 0.3) is 0 Å². The highest BCUT2D eigenvalue weighted by Crippen LogP contribution is 2.30. The molecule has 5 heteroatoms. The number of nitrogens with one attached hydrogen (secondary N) is 1. The standard InChI is InChI=1S/C15H22N4S/c1-3-6-16-15-17-13-5-4-12(11-14(13)20-15)19-9-7-18(2)8-10-19/h4-5,11H,3,6-10H2,1-2H3,(H,16,17). The molecule has 1 aliphatic heterocycles. The van der Waals surface area contributed by atoms with Crippen molar-refractivity contribution in [2.24, 2.45) is 0 Å². The van der Waals surface area contributed by atoms with Crippen LogP contribution in [0.5, 0.6) is 0 Å². The predicted octanol–water partition coefficient (Wildman–Crippen LogP) is 2.87. The summed E-state index contributed by atoms with van der Waals surface area (Å²) in [4.78, 5) is 9.48. The van der Waals surface area contributed by atoms with Gasteiger partial charge in [-0.25, -0.2) is 4.98 Å². The fraction of sp³-hybridized carbons (Fsp3) is 0.533. The Morgan fingerprint density at radius 3 is 2.80 bits per heavy atom. The zero-order chi connectivity index (χ0) is 13.9. The normalized spacial score (nSPS) is 16.8. The second-order valence-electron chi connectivity index (χ2n) is 5.39. The molecule has 1 aromatic heterocycles. The topological polar surface area (TPSA) is 31.4 Å². The molecule has 1 aromatic carbocycles. The van der Waals surface area contributed by atoms with Crippen molar-refractivity contribution < 1.29 is 0 Å². The molecule has 0 amide bonds. The van der Waals surface area contributed by atoms with E-state index in [0.29, 0.717) is 0 Å². The van der Waals surface area contributed by atoms with Crippen molar-refractivity contribution in [3.63, 3.8) is 0 Å². The first-order valence-corrected chi connectivity index (χ1v) is 8.16. The minimum Gasteiger partial charge on any atom is -0.369 e. The van der Waals surface area contributed by atoms with Gasteiger partial charge in [-0.05, 0) is 31.7 Å². The molecule has 0 radical (unpaired) electrons. The number of fused-ring (bicyclic) bond motifs is 1. The van der Waals surface area contributed by atoms with Gasteiger partial charge >= 0.3 is 0 Å². The Kier molecular flexibility index (Phi) is 4.08. The fourth-order valence-corrected chi connectivity index (χ4v) is 3.41. The van der Waals surface area contributed by atoms with Crippen LogP contribution in [0.3, 0.4) is 0 Å². The van der Waals surface area contributed by atoms with Crippen molar-refractivity contribution in [2.75, 3.05) is 50.0 Å². The van der Waals surface area contributed by atoms with Crippen LogP contribution in [0, 0.1) is 0 Å². The molecule has 0 unspecified atom stereocenters. The molecule has 20 heavy (non-hydrogen) atoms. The smallest absolute Gasteiger partial charge is 0.183 e. The summed E-state index contributed by atoms with van der Waals surface area (Å²) in [6.07, 6.45) is 1.13. The van der Waals surface area contributed by atoms with Gasteiger partial charge in [0.05, 0.1) is 10.2 Å². The van der Waals surface area contributed by atoms with E-state index in [-0.39, 0.29) is 0 Å². The van der Waals surface area contributed by atoms with E-state index in [4.69, 9.17) is 0 Å². The molecule has 0 saturated carbocycles. The number of likely N-dealkylation sites (N-methyl/N-ethyl adjacent to an activating group) is 1. The molecule has 1 N–H and O–H groups in total. The first-order chi connectivity index (χ1) is 9.76. The minimum atomic E-state index is 0.991. The lowest BCUT2D eigenvalue weighted by atomic mass is 10.2. The van der Waals surface area contributed by atoms with Crippen LogP contribution in [-0.2, 0) is 0 Å².